The van der Waals surface area contributed by atoms with Gasteiger partial charge < -0.3 is 14.1 Å². The summed E-state index contributed by atoms with van der Waals surface area (Å²) < 4.78 is 13.8. The summed E-state index contributed by atoms with van der Waals surface area (Å²) in [5.41, 5.74) is 19.1. The number of furan rings is 1. The molecular formula is C66H43NO2. The fourth-order valence-corrected chi connectivity index (χ4v) is 12.6. The maximum atomic E-state index is 7.24. The van der Waals surface area contributed by atoms with E-state index in [0.29, 0.717) is 0 Å². The molecule has 12 aromatic rings. The highest BCUT2D eigenvalue weighted by Gasteiger charge is 2.52. The average molecular weight is 882 g/mol. The van der Waals surface area contributed by atoms with E-state index in [2.05, 4.69) is 237 Å². The van der Waals surface area contributed by atoms with Crippen molar-refractivity contribution >= 4 is 60.5 Å². The van der Waals surface area contributed by atoms with E-state index in [4.69, 9.17) is 9.15 Å². The number of ether oxygens (including phenoxy) is 1. The first kappa shape index (κ1) is 38.4. The molecular weight excluding hydrogens is 839 g/mol. The molecule has 3 heteroatoms. The first-order valence-corrected chi connectivity index (χ1v) is 24.0. The Kier molecular flexibility index (Phi) is 7.77. The first-order valence-electron chi connectivity index (χ1n) is 24.0. The van der Waals surface area contributed by atoms with E-state index in [9.17, 15) is 0 Å². The summed E-state index contributed by atoms with van der Waals surface area (Å²) in [5.74, 6) is 1.84. The average Bonchev–Trinajstić information content (AvgIpc) is 4.00. The number of nitrogens with zero attached hydrogens (tertiary/aromatic N) is 1. The second-order valence-corrected chi connectivity index (χ2v) is 19.5. The molecule has 0 bridgehead atoms. The molecule has 1 aliphatic heterocycles. The summed E-state index contributed by atoms with van der Waals surface area (Å²) in [5, 5.41) is 6.81. The molecule has 1 spiro atoms. The number of para-hydroxylation sites is 2. The summed E-state index contributed by atoms with van der Waals surface area (Å²) >= 11 is 0. The number of anilines is 3. The minimum atomic E-state index is -0.630. The van der Waals surface area contributed by atoms with Crippen LogP contribution in [0.25, 0.3) is 76.9 Å². The molecule has 2 heterocycles. The summed E-state index contributed by atoms with van der Waals surface area (Å²) in [6.45, 7) is 4.72. The molecule has 11 aromatic carbocycles. The highest BCUT2D eigenvalue weighted by molar-refractivity contribution is 6.10. The monoisotopic (exact) mass is 881 g/mol. The molecule has 0 fully saturated rings. The molecule has 0 N–H and O–H groups in total. The summed E-state index contributed by atoms with van der Waals surface area (Å²) in [7, 11) is 0. The van der Waals surface area contributed by atoms with E-state index >= 15 is 0 Å². The zero-order chi connectivity index (χ0) is 45.6. The van der Waals surface area contributed by atoms with Crippen LogP contribution in [0, 0.1) is 0 Å². The van der Waals surface area contributed by atoms with Gasteiger partial charge in [-0.15, -0.1) is 0 Å². The van der Waals surface area contributed by atoms with Crippen LogP contribution >= 0.6 is 0 Å². The zero-order valence-electron chi connectivity index (χ0n) is 38.1. The van der Waals surface area contributed by atoms with Crippen molar-refractivity contribution in [3.63, 3.8) is 0 Å². The Morgan fingerprint density at radius 3 is 1.61 bits per heavy atom. The van der Waals surface area contributed by atoms with Gasteiger partial charge in [-0.1, -0.05) is 196 Å². The normalized spacial score (nSPS) is 14.3. The van der Waals surface area contributed by atoms with Crippen molar-refractivity contribution in [1.29, 1.82) is 0 Å². The number of fused-ring (bicyclic) bond motifs is 19. The van der Waals surface area contributed by atoms with Crippen LogP contribution in [0.3, 0.4) is 0 Å². The van der Waals surface area contributed by atoms with Gasteiger partial charge in [-0.3, -0.25) is 0 Å². The standard InChI is InChI=1S/C66H43NO2/c1-65(2)55-23-10-7-18-49(55)51-34-32-45(39-60(51)65)67(43-30-26-42(27-31-43)46-21-13-22-53-52-20-9-12-25-61(52)68-62(46)53)44-33-37-57-54(38-44)50-19-8-11-24-56(50)66(57)58-35-28-40-14-3-5-16-47(40)63(58)69-64-48-17-6-4-15-41(48)29-36-59(64)66/h3-39H,1-2H3. The van der Waals surface area contributed by atoms with Crippen molar-refractivity contribution in [3.05, 3.63) is 258 Å². The lowest BCUT2D eigenvalue weighted by Crippen LogP contribution is -2.32. The van der Waals surface area contributed by atoms with Gasteiger partial charge in [-0.2, -0.15) is 0 Å². The second kappa shape index (κ2) is 13.9. The molecule has 69 heavy (non-hydrogen) atoms. The SMILES string of the molecule is CC1(C)c2ccccc2-c2ccc(N(c3ccc(-c4cccc5c4oc4ccccc45)cc3)c3ccc4c(c3)-c3ccccc3C43c4ccc5ccccc5c4Oc4c3ccc3ccccc43)cc21. The Hall–Kier alpha value is -8.66. The summed E-state index contributed by atoms with van der Waals surface area (Å²) in [6.07, 6.45) is 0. The second-order valence-electron chi connectivity index (χ2n) is 19.5. The van der Waals surface area contributed by atoms with Crippen LogP contribution in [0.15, 0.2) is 229 Å². The molecule has 324 valence electrons. The number of hydrogen-bond acceptors (Lipinski definition) is 3. The molecule has 2 aliphatic carbocycles. The van der Waals surface area contributed by atoms with E-state index in [1.807, 2.05) is 6.07 Å². The molecule has 0 radical (unpaired) electrons. The van der Waals surface area contributed by atoms with Crippen LogP contribution in [0.4, 0.5) is 17.1 Å². The lowest BCUT2D eigenvalue weighted by Gasteiger charge is -2.40. The summed E-state index contributed by atoms with van der Waals surface area (Å²) in [6, 6.07) is 82.5. The first-order chi connectivity index (χ1) is 34.0. The number of hydrogen-bond donors (Lipinski definition) is 0. The molecule has 3 aliphatic rings. The maximum absolute atomic E-state index is 7.24. The third kappa shape index (κ3) is 5.17. The third-order valence-electron chi connectivity index (χ3n) is 15.7. The Balaban J connectivity index is 0.957. The van der Waals surface area contributed by atoms with E-state index in [1.165, 1.54) is 44.5 Å². The van der Waals surface area contributed by atoms with Crippen molar-refractivity contribution < 1.29 is 9.15 Å². The van der Waals surface area contributed by atoms with Crippen LogP contribution in [0.2, 0.25) is 0 Å². The molecule has 0 saturated heterocycles. The van der Waals surface area contributed by atoms with Gasteiger partial charge in [-0.25, -0.2) is 0 Å². The molecule has 3 nitrogen and oxygen atoms in total. The molecule has 0 atom stereocenters. The maximum Gasteiger partial charge on any atom is 0.143 e. The topological polar surface area (TPSA) is 25.6 Å². The van der Waals surface area contributed by atoms with Gasteiger partial charge >= 0.3 is 0 Å². The zero-order valence-corrected chi connectivity index (χ0v) is 38.1. The molecule has 0 saturated carbocycles. The molecule has 0 unspecified atom stereocenters. The highest BCUT2D eigenvalue weighted by Crippen LogP contribution is 2.64. The van der Waals surface area contributed by atoms with Gasteiger partial charge in [0.2, 0.25) is 0 Å². The number of benzene rings is 11. The van der Waals surface area contributed by atoms with Gasteiger partial charge in [0.05, 0.1) is 5.41 Å². The van der Waals surface area contributed by atoms with E-state index < -0.39 is 5.41 Å². The Bertz CT molecular complexity index is 4070. The predicted molar refractivity (Wildman–Crippen MR) is 284 cm³/mol. The molecule has 15 rings (SSSR count). The predicted octanol–water partition coefficient (Wildman–Crippen LogP) is 17.8. The van der Waals surface area contributed by atoms with Crippen molar-refractivity contribution in [2.45, 2.75) is 24.7 Å². The quantitative estimate of drug-likeness (QED) is 0.176. The smallest absolute Gasteiger partial charge is 0.143 e. The van der Waals surface area contributed by atoms with Gasteiger partial charge in [0, 0.05) is 60.7 Å². The van der Waals surface area contributed by atoms with Crippen LogP contribution in [-0.4, -0.2) is 0 Å². The fourth-order valence-electron chi connectivity index (χ4n) is 12.6. The van der Waals surface area contributed by atoms with Crippen LogP contribution in [0.5, 0.6) is 11.5 Å². The van der Waals surface area contributed by atoms with Crippen LogP contribution in [-0.2, 0) is 10.8 Å². The van der Waals surface area contributed by atoms with Gasteiger partial charge in [-0.05, 0) is 103 Å². The Morgan fingerprint density at radius 2 is 0.870 bits per heavy atom. The fraction of sp³-hybridized carbons (Fsp3) is 0.0606. The Morgan fingerprint density at radius 1 is 0.348 bits per heavy atom. The minimum absolute atomic E-state index is 0.163. The van der Waals surface area contributed by atoms with Crippen LogP contribution < -0.4 is 9.64 Å². The number of rotatable bonds is 4. The van der Waals surface area contributed by atoms with Crippen molar-refractivity contribution in [1.82, 2.24) is 0 Å². The highest BCUT2D eigenvalue weighted by atomic mass is 16.5. The van der Waals surface area contributed by atoms with Crippen molar-refractivity contribution in [2.75, 3.05) is 4.90 Å². The largest absolute Gasteiger partial charge is 0.455 e. The lowest BCUT2D eigenvalue weighted by atomic mass is 9.65. The van der Waals surface area contributed by atoms with Gasteiger partial charge in [0.25, 0.3) is 0 Å². The minimum Gasteiger partial charge on any atom is -0.455 e. The van der Waals surface area contributed by atoms with E-state index in [-0.39, 0.29) is 5.41 Å². The van der Waals surface area contributed by atoms with Gasteiger partial charge in [0.1, 0.15) is 22.7 Å². The lowest BCUT2D eigenvalue weighted by molar-refractivity contribution is 0.447. The van der Waals surface area contributed by atoms with E-state index in [0.717, 1.165) is 94.3 Å². The summed E-state index contributed by atoms with van der Waals surface area (Å²) in [4.78, 5) is 2.45. The molecule has 1 aromatic heterocycles. The molecule has 0 amide bonds. The van der Waals surface area contributed by atoms with Crippen LogP contribution in [0.1, 0.15) is 47.2 Å². The Labute approximate surface area is 400 Å². The van der Waals surface area contributed by atoms with Crippen molar-refractivity contribution in [2.24, 2.45) is 0 Å². The van der Waals surface area contributed by atoms with Crippen molar-refractivity contribution in [3.8, 4) is 44.9 Å². The third-order valence-corrected chi connectivity index (χ3v) is 15.7. The van der Waals surface area contributed by atoms with Gasteiger partial charge in [0.15, 0.2) is 0 Å². The van der Waals surface area contributed by atoms with E-state index in [1.54, 1.807) is 0 Å².